The van der Waals surface area contributed by atoms with Crippen molar-refractivity contribution < 1.29 is 0 Å². The van der Waals surface area contributed by atoms with E-state index in [4.69, 9.17) is 0 Å². The molecule has 0 spiro atoms. The summed E-state index contributed by atoms with van der Waals surface area (Å²) in [6.07, 6.45) is 4.00. The minimum atomic E-state index is 1.16. The molecule has 0 aliphatic heterocycles. The highest BCUT2D eigenvalue weighted by molar-refractivity contribution is 6.16. The molecule has 0 saturated carbocycles. The first kappa shape index (κ1) is 29.4. The van der Waals surface area contributed by atoms with Gasteiger partial charge in [0.25, 0.3) is 0 Å². The largest absolute Gasteiger partial charge is 0.309 e. The van der Waals surface area contributed by atoms with E-state index in [1.165, 1.54) is 105 Å². The number of fused-ring (bicyclic) bond motifs is 9. The molecule has 1 aliphatic rings. The lowest BCUT2D eigenvalue weighted by Gasteiger charge is -2.09. The van der Waals surface area contributed by atoms with E-state index < -0.39 is 0 Å². The molecule has 0 atom stereocenters. The number of hydrogen-bond donors (Lipinski definition) is 0. The summed E-state index contributed by atoms with van der Waals surface area (Å²) in [5.74, 6) is 0. The molecule has 0 unspecified atom stereocenters. The first-order chi connectivity index (χ1) is 26.8. The standard InChI is InChI=1S/C51H31N3/c1-3-11-37(12-4-1)53-47-17-8-7-15-40(47)43-27-33(19-23-48(43)53)35-21-25-50-45(29-35)44-28-34(20-24-49(44)54(50)38-13-5-2-6-14-38)32-18-22-39-41-16-9-10-36-30-52-31-46(51(36)41)42(39)26-32/h1-31H. The van der Waals surface area contributed by atoms with Crippen molar-refractivity contribution >= 4 is 54.4 Å². The Hall–Kier alpha value is -7.23. The number of para-hydroxylation sites is 3. The summed E-state index contributed by atoms with van der Waals surface area (Å²) < 4.78 is 4.78. The van der Waals surface area contributed by atoms with Gasteiger partial charge in [-0.3, -0.25) is 4.98 Å². The molecule has 3 heterocycles. The summed E-state index contributed by atoms with van der Waals surface area (Å²) in [6.45, 7) is 0. The predicted octanol–water partition coefficient (Wildman–Crippen LogP) is 13.4. The summed E-state index contributed by atoms with van der Waals surface area (Å²) in [7, 11) is 0. The van der Waals surface area contributed by atoms with E-state index in [1.807, 2.05) is 12.4 Å². The third-order valence-corrected chi connectivity index (χ3v) is 11.5. The molecule has 0 amide bonds. The molecular formula is C51H31N3. The normalized spacial score (nSPS) is 12.1. The van der Waals surface area contributed by atoms with Crippen LogP contribution in [0.4, 0.5) is 0 Å². The zero-order valence-corrected chi connectivity index (χ0v) is 29.2. The second-order valence-corrected chi connectivity index (χ2v) is 14.4. The smallest absolute Gasteiger partial charge is 0.0541 e. The Morgan fingerprint density at radius 2 is 0.833 bits per heavy atom. The second kappa shape index (κ2) is 11.1. The van der Waals surface area contributed by atoms with E-state index >= 15 is 0 Å². The Labute approximate surface area is 311 Å². The quantitative estimate of drug-likeness (QED) is 0.181. The summed E-state index contributed by atoms with van der Waals surface area (Å²) in [4.78, 5) is 4.60. The highest BCUT2D eigenvalue weighted by atomic mass is 15.0. The van der Waals surface area contributed by atoms with E-state index in [1.54, 1.807) is 0 Å². The molecule has 11 aromatic rings. The van der Waals surface area contributed by atoms with Crippen LogP contribution >= 0.6 is 0 Å². The fourth-order valence-electron chi connectivity index (χ4n) is 9.09. The summed E-state index contributed by atoms with van der Waals surface area (Å²) in [5, 5.41) is 7.48. The van der Waals surface area contributed by atoms with E-state index in [0.29, 0.717) is 0 Å². The van der Waals surface area contributed by atoms with Gasteiger partial charge in [0.2, 0.25) is 0 Å². The number of hydrogen-bond acceptors (Lipinski definition) is 1. The minimum Gasteiger partial charge on any atom is -0.309 e. The van der Waals surface area contributed by atoms with Crippen molar-refractivity contribution in [1.82, 2.24) is 14.1 Å². The van der Waals surface area contributed by atoms with Crippen LogP contribution in [0.5, 0.6) is 0 Å². The fourth-order valence-corrected chi connectivity index (χ4v) is 9.09. The summed E-state index contributed by atoms with van der Waals surface area (Å²) in [5.41, 5.74) is 17.0. The van der Waals surface area contributed by atoms with Gasteiger partial charge >= 0.3 is 0 Å². The van der Waals surface area contributed by atoms with Crippen molar-refractivity contribution in [3.63, 3.8) is 0 Å². The average Bonchev–Trinajstić information content (AvgIpc) is 3.87. The van der Waals surface area contributed by atoms with Crippen molar-refractivity contribution in [3.8, 4) is 55.9 Å². The lowest BCUT2D eigenvalue weighted by molar-refractivity contribution is 1.18. The van der Waals surface area contributed by atoms with Gasteiger partial charge in [-0.1, -0.05) is 103 Å². The van der Waals surface area contributed by atoms with Gasteiger partial charge in [-0.15, -0.1) is 0 Å². The zero-order valence-electron chi connectivity index (χ0n) is 29.2. The Bertz CT molecular complexity index is 3310. The predicted molar refractivity (Wildman–Crippen MR) is 226 cm³/mol. The van der Waals surface area contributed by atoms with Crippen LogP contribution in [-0.4, -0.2) is 14.1 Å². The summed E-state index contributed by atoms with van der Waals surface area (Å²) >= 11 is 0. The molecule has 3 aromatic heterocycles. The van der Waals surface area contributed by atoms with Crippen molar-refractivity contribution in [1.29, 1.82) is 0 Å². The van der Waals surface area contributed by atoms with Crippen LogP contribution in [0.25, 0.3) is 110 Å². The first-order valence-corrected chi connectivity index (χ1v) is 18.5. The van der Waals surface area contributed by atoms with Gasteiger partial charge in [0.15, 0.2) is 0 Å². The minimum absolute atomic E-state index is 1.16. The van der Waals surface area contributed by atoms with E-state index in [2.05, 4.69) is 190 Å². The Morgan fingerprint density at radius 3 is 1.46 bits per heavy atom. The molecule has 12 rings (SSSR count). The SMILES string of the molecule is c1ccc(-n2c3ccccc3c3cc(-c4ccc5c(c4)c4cc(-c6ccc7c(c6)-c6cncc8cccc-7c68)ccc4n5-c4ccccc4)ccc32)cc1. The molecule has 3 nitrogen and oxygen atoms in total. The number of pyridine rings is 1. The van der Waals surface area contributed by atoms with Gasteiger partial charge in [-0.05, 0) is 112 Å². The van der Waals surface area contributed by atoms with Gasteiger partial charge in [-0.2, -0.15) is 0 Å². The number of aromatic nitrogens is 3. The van der Waals surface area contributed by atoms with Crippen molar-refractivity contribution in [2.45, 2.75) is 0 Å². The third-order valence-electron chi connectivity index (χ3n) is 11.5. The number of nitrogens with zero attached hydrogens (tertiary/aromatic N) is 3. The highest BCUT2D eigenvalue weighted by Gasteiger charge is 2.23. The topological polar surface area (TPSA) is 22.8 Å². The molecule has 0 radical (unpaired) electrons. The number of rotatable bonds is 4. The van der Waals surface area contributed by atoms with Crippen molar-refractivity contribution in [2.24, 2.45) is 0 Å². The maximum absolute atomic E-state index is 4.60. The maximum Gasteiger partial charge on any atom is 0.0541 e. The van der Waals surface area contributed by atoms with Crippen LogP contribution in [0.2, 0.25) is 0 Å². The average molecular weight is 686 g/mol. The van der Waals surface area contributed by atoms with E-state index in [9.17, 15) is 0 Å². The van der Waals surface area contributed by atoms with Crippen molar-refractivity contribution in [2.75, 3.05) is 0 Å². The fraction of sp³-hybridized carbons (Fsp3) is 0. The van der Waals surface area contributed by atoms with E-state index in [-0.39, 0.29) is 0 Å². The van der Waals surface area contributed by atoms with Crippen molar-refractivity contribution in [3.05, 3.63) is 188 Å². The molecular weight excluding hydrogens is 655 g/mol. The maximum atomic E-state index is 4.60. The molecule has 0 saturated heterocycles. The highest BCUT2D eigenvalue weighted by Crippen LogP contribution is 2.48. The third kappa shape index (κ3) is 4.15. The van der Waals surface area contributed by atoms with Crippen LogP contribution < -0.4 is 0 Å². The Kier molecular flexibility index (Phi) is 6.05. The molecule has 8 aromatic carbocycles. The second-order valence-electron chi connectivity index (χ2n) is 14.4. The molecule has 0 bridgehead atoms. The first-order valence-electron chi connectivity index (χ1n) is 18.5. The lowest BCUT2D eigenvalue weighted by Crippen LogP contribution is -1.93. The molecule has 0 fully saturated rings. The Morgan fingerprint density at radius 1 is 0.315 bits per heavy atom. The van der Waals surface area contributed by atoms with Gasteiger partial charge < -0.3 is 9.13 Å². The van der Waals surface area contributed by atoms with Gasteiger partial charge in [0, 0.05) is 61.6 Å². The van der Waals surface area contributed by atoms with Crippen LogP contribution in [0.15, 0.2) is 188 Å². The summed E-state index contributed by atoms with van der Waals surface area (Å²) in [6, 6.07) is 64.5. The molecule has 0 N–H and O–H groups in total. The van der Waals surface area contributed by atoms with Gasteiger partial charge in [-0.25, -0.2) is 0 Å². The zero-order chi connectivity index (χ0) is 35.3. The molecule has 1 aliphatic carbocycles. The number of benzene rings is 8. The van der Waals surface area contributed by atoms with Crippen LogP contribution in [0.3, 0.4) is 0 Å². The lowest BCUT2D eigenvalue weighted by atomic mass is 9.96. The van der Waals surface area contributed by atoms with E-state index in [0.717, 1.165) is 5.69 Å². The molecule has 3 heteroatoms. The Balaban J connectivity index is 1.05. The van der Waals surface area contributed by atoms with Crippen LogP contribution in [-0.2, 0) is 0 Å². The monoisotopic (exact) mass is 685 g/mol. The van der Waals surface area contributed by atoms with Crippen LogP contribution in [0.1, 0.15) is 0 Å². The molecule has 250 valence electrons. The molecule has 54 heavy (non-hydrogen) atoms. The van der Waals surface area contributed by atoms with Gasteiger partial charge in [0.05, 0.1) is 22.1 Å². The van der Waals surface area contributed by atoms with Crippen LogP contribution in [0, 0.1) is 0 Å². The van der Waals surface area contributed by atoms with Gasteiger partial charge in [0.1, 0.15) is 0 Å².